The summed E-state index contributed by atoms with van der Waals surface area (Å²) in [5.74, 6) is 0. The van der Waals surface area contributed by atoms with Gasteiger partial charge in [-0.1, -0.05) is 24.3 Å². The van der Waals surface area contributed by atoms with E-state index >= 15 is 0 Å². The van der Waals surface area contributed by atoms with Crippen LogP contribution < -0.4 is 5.73 Å². The van der Waals surface area contributed by atoms with Gasteiger partial charge in [0, 0.05) is 20.1 Å². The number of ether oxygens (including phenoxy) is 1. The van der Waals surface area contributed by atoms with Crippen LogP contribution in [0.4, 0.5) is 0 Å². The first kappa shape index (κ1) is 11.2. The summed E-state index contributed by atoms with van der Waals surface area (Å²) < 4.78 is 5.37. The van der Waals surface area contributed by atoms with E-state index in [9.17, 15) is 0 Å². The Morgan fingerprint density at radius 1 is 1.14 bits per heavy atom. The highest BCUT2D eigenvalue weighted by Crippen LogP contribution is 2.16. The van der Waals surface area contributed by atoms with Crippen molar-refractivity contribution in [2.24, 2.45) is 5.73 Å². The summed E-state index contributed by atoms with van der Waals surface area (Å²) in [6.07, 6.45) is 0.925. The second kappa shape index (κ2) is 4.58. The molecule has 0 bridgehead atoms. The molecule has 0 amide bonds. The van der Waals surface area contributed by atoms with Crippen molar-refractivity contribution in [3.8, 4) is 0 Å². The van der Waals surface area contributed by atoms with E-state index in [1.165, 1.54) is 11.1 Å². The van der Waals surface area contributed by atoms with E-state index in [0.717, 1.165) is 6.42 Å². The predicted molar refractivity (Wildman–Crippen MR) is 59.1 cm³/mol. The lowest BCUT2D eigenvalue weighted by Crippen LogP contribution is -2.25. The molecule has 0 aliphatic rings. The standard InChI is InChI=1S/C12H19NO/c1-12(2,14-3)8-10-4-6-11(9-13)7-5-10/h4-7H,8-9,13H2,1-3H3. The largest absolute Gasteiger partial charge is 0.378 e. The minimum absolute atomic E-state index is 0.0930. The Labute approximate surface area is 86.1 Å². The lowest BCUT2D eigenvalue weighted by atomic mass is 9.97. The summed E-state index contributed by atoms with van der Waals surface area (Å²) in [6.45, 7) is 4.78. The molecule has 0 radical (unpaired) electrons. The Hall–Kier alpha value is -0.860. The van der Waals surface area contributed by atoms with Gasteiger partial charge in [-0.3, -0.25) is 0 Å². The van der Waals surface area contributed by atoms with Gasteiger partial charge < -0.3 is 10.5 Å². The van der Waals surface area contributed by atoms with Crippen LogP contribution in [0.25, 0.3) is 0 Å². The first-order chi connectivity index (χ1) is 6.57. The summed E-state index contributed by atoms with van der Waals surface area (Å²) in [4.78, 5) is 0. The molecule has 1 aromatic carbocycles. The van der Waals surface area contributed by atoms with Crippen molar-refractivity contribution in [1.29, 1.82) is 0 Å². The van der Waals surface area contributed by atoms with Crippen molar-refractivity contribution in [2.45, 2.75) is 32.4 Å². The number of hydrogen-bond donors (Lipinski definition) is 1. The monoisotopic (exact) mass is 193 g/mol. The number of rotatable bonds is 4. The van der Waals surface area contributed by atoms with Gasteiger partial charge in [-0.05, 0) is 25.0 Å². The Balaban J connectivity index is 2.69. The molecule has 2 heteroatoms. The topological polar surface area (TPSA) is 35.2 Å². The third-order valence-electron chi connectivity index (χ3n) is 2.44. The smallest absolute Gasteiger partial charge is 0.0662 e. The highest BCUT2D eigenvalue weighted by atomic mass is 16.5. The van der Waals surface area contributed by atoms with Crippen molar-refractivity contribution in [3.05, 3.63) is 35.4 Å². The van der Waals surface area contributed by atoms with Crippen molar-refractivity contribution in [3.63, 3.8) is 0 Å². The van der Waals surface area contributed by atoms with Crippen LogP contribution in [0, 0.1) is 0 Å². The minimum Gasteiger partial charge on any atom is -0.378 e. The molecule has 0 heterocycles. The molecule has 14 heavy (non-hydrogen) atoms. The average Bonchev–Trinajstić information content (AvgIpc) is 2.19. The molecule has 1 aromatic rings. The van der Waals surface area contributed by atoms with Crippen LogP contribution >= 0.6 is 0 Å². The highest BCUT2D eigenvalue weighted by molar-refractivity contribution is 5.23. The number of nitrogens with two attached hydrogens (primary N) is 1. The van der Waals surface area contributed by atoms with Gasteiger partial charge in [-0.25, -0.2) is 0 Å². The van der Waals surface area contributed by atoms with Crippen LogP contribution in [0.1, 0.15) is 25.0 Å². The van der Waals surface area contributed by atoms with Gasteiger partial charge in [0.1, 0.15) is 0 Å². The maximum atomic E-state index is 5.53. The Morgan fingerprint density at radius 2 is 1.64 bits per heavy atom. The summed E-state index contributed by atoms with van der Waals surface area (Å²) in [5.41, 5.74) is 7.89. The van der Waals surface area contributed by atoms with E-state index in [1.807, 2.05) is 0 Å². The summed E-state index contributed by atoms with van der Waals surface area (Å²) in [7, 11) is 1.74. The van der Waals surface area contributed by atoms with E-state index in [4.69, 9.17) is 10.5 Å². The molecule has 2 N–H and O–H groups in total. The number of benzene rings is 1. The molecular formula is C12H19NO. The predicted octanol–water partition coefficient (Wildman–Crippen LogP) is 2.11. The van der Waals surface area contributed by atoms with Crippen molar-refractivity contribution in [1.82, 2.24) is 0 Å². The zero-order valence-electron chi connectivity index (χ0n) is 9.21. The molecule has 2 nitrogen and oxygen atoms in total. The third-order valence-corrected chi connectivity index (χ3v) is 2.44. The fraction of sp³-hybridized carbons (Fsp3) is 0.500. The lowest BCUT2D eigenvalue weighted by Gasteiger charge is -2.22. The SMILES string of the molecule is COC(C)(C)Cc1ccc(CN)cc1. The molecule has 0 unspecified atom stereocenters. The van der Waals surface area contributed by atoms with Crippen LogP contribution in [-0.4, -0.2) is 12.7 Å². The molecule has 0 fully saturated rings. The summed E-state index contributed by atoms with van der Waals surface area (Å²) >= 11 is 0. The Morgan fingerprint density at radius 3 is 2.07 bits per heavy atom. The van der Waals surface area contributed by atoms with Gasteiger partial charge in [-0.15, -0.1) is 0 Å². The third kappa shape index (κ3) is 3.13. The van der Waals surface area contributed by atoms with E-state index in [2.05, 4.69) is 38.1 Å². The zero-order valence-corrected chi connectivity index (χ0v) is 9.21. The van der Waals surface area contributed by atoms with E-state index < -0.39 is 0 Å². The Kier molecular flexibility index (Phi) is 3.67. The fourth-order valence-corrected chi connectivity index (χ4v) is 1.36. The second-order valence-electron chi connectivity index (χ2n) is 4.16. The molecule has 0 spiro atoms. The van der Waals surface area contributed by atoms with E-state index in [-0.39, 0.29) is 5.60 Å². The maximum Gasteiger partial charge on any atom is 0.0662 e. The van der Waals surface area contributed by atoms with Crippen LogP contribution in [-0.2, 0) is 17.7 Å². The molecule has 0 saturated heterocycles. The normalized spacial score (nSPS) is 11.7. The van der Waals surface area contributed by atoms with Crippen molar-refractivity contribution >= 4 is 0 Å². The summed E-state index contributed by atoms with van der Waals surface area (Å²) in [5, 5.41) is 0. The molecule has 0 saturated carbocycles. The quantitative estimate of drug-likeness (QED) is 0.795. The molecule has 0 aliphatic carbocycles. The highest BCUT2D eigenvalue weighted by Gasteiger charge is 2.16. The maximum absolute atomic E-state index is 5.53. The van der Waals surface area contributed by atoms with Crippen molar-refractivity contribution in [2.75, 3.05) is 7.11 Å². The summed E-state index contributed by atoms with van der Waals surface area (Å²) in [6, 6.07) is 8.37. The van der Waals surface area contributed by atoms with Crippen LogP contribution in [0.15, 0.2) is 24.3 Å². The molecule has 78 valence electrons. The molecule has 0 aromatic heterocycles. The van der Waals surface area contributed by atoms with Crippen LogP contribution in [0.2, 0.25) is 0 Å². The van der Waals surface area contributed by atoms with Gasteiger partial charge in [-0.2, -0.15) is 0 Å². The van der Waals surface area contributed by atoms with Crippen molar-refractivity contribution < 1.29 is 4.74 Å². The fourth-order valence-electron chi connectivity index (χ4n) is 1.36. The van der Waals surface area contributed by atoms with Gasteiger partial charge in [0.2, 0.25) is 0 Å². The van der Waals surface area contributed by atoms with Gasteiger partial charge in [0.25, 0.3) is 0 Å². The number of hydrogen-bond acceptors (Lipinski definition) is 2. The van der Waals surface area contributed by atoms with Gasteiger partial charge >= 0.3 is 0 Å². The van der Waals surface area contributed by atoms with E-state index in [1.54, 1.807) is 7.11 Å². The average molecular weight is 193 g/mol. The first-order valence-corrected chi connectivity index (χ1v) is 4.90. The van der Waals surface area contributed by atoms with Crippen LogP contribution in [0.3, 0.4) is 0 Å². The second-order valence-corrected chi connectivity index (χ2v) is 4.16. The van der Waals surface area contributed by atoms with Gasteiger partial charge in [0.15, 0.2) is 0 Å². The van der Waals surface area contributed by atoms with Gasteiger partial charge in [0.05, 0.1) is 5.60 Å². The molecule has 0 atom stereocenters. The van der Waals surface area contributed by atoms with Crippen LogP contribution in [0.5, 0.6) is 0 Å². The Bertz CT molecular complexity index is 277. The first-order valence-electron chi connectivity index (χ1n) is 4.90. The zero-order chi connectivity index (χ0) is 10.6. The van der Waals surface area contributed by atoms with E-state index in [0.29, 0.717) is 6.54 Å². The molecule has 1 rings (SSSR count). The lowest BCUT2D eigenvalue weighted by molar-refractivity contribution is 0.0232. The minimum atomic E-state index is -0.0930. The molecule has 0 aliphatic heterocycles. The molecular weight excluding hydrogens is 174 g/mol. The number of methoxy groups -OCH3 is 1.